The monoisotopic (exact) mass is 680 g/mol. The van der Waals surface area contributed by atoms with Gasteiger partial charge in [-0.05, 0) is 97.7 Å². The molecule has 3 heterocycles. The zero-order valence-corrected chi connectivity index (χ0v) is 30.7. The van der Waals surface area contributed by atoms with Crippen molar-refractivity contribution in [2.24, 2.45) is 50.7 Å². The highest BCUT2D eigenvalue weighted by Gasteiger charge is 2.85. The molecule has 10 atom stereocenters. The quantitative estimate of drug-likeness (QED) is 0.381. The van der Waals surface area contributed by atoms with E-state index in [4.69, 9.17) is 14.2 Å². The van der Waals surface area contributed by atoms with Gasteiger partial charge in [0.05, 0.1) is 6.10 Å². The Morgan fingerprint density at radius 2 is 1.78 bits per heavy atom. The van der Waals surface area contributed by atoms with Gasteiger partial charge in [0.15, 0.2) is 0 Å². The summed E-state index contributed by atoms with van der Waals surface area (Å²) in [6.45, 7) is 18.3. The molecule has 5 aliphatic carbocycles. The SMILES string of the molecule is CC(C)[C@@H](OC(=O)N1CCC1)[C]1C[C@@H](C)[C@H]2[C](O1)[C@H](O)[C@@]1(C)[C]3CC[C@H]4C(C)(C)C(OC(=O)N5CCNC(=O)C5)CC[C@@]45C[C@@]35CC[C@]21C. The number of aliphatic hydroxyl groups is 1. The molecule has 2 N–H and O–H groups in total. The van der Waals surface area contributed by atoms with Crippen molar-refractivity contribution in [3.8, 4) is 0 Å². The Kier molecular flexibility index (Phi) is 7.79. The second-order valence-corrected chi connectivity index (χ2v) is 18.5. The fourth-order valence-electron chi connectivity index (χ4n) is 13.1. The first-order valence-corrected chi connectivity index (χ1v) is 19.2. The number of ether oxygens (including phenoxy) is 3. The van der Waals surface area contributed by atoms with E-state index in [0.717, 1.165) is 83.1 Å². The van der Waals surface area contributed by atoms with Crippen LogP contribution >= 0.6 is 0 Å². The Hall–Kier alpha value is -2.07. The minimum Gasteiger partial charge on any atom is -0.446 e. The minimum absolute atomic E-state index is 0.0594. The van der Waals surface area contributed by atoms with E-state index in [1.165, 1.54) is 4.90 Å². The Bertz CT molecular complexity index is 1380. The summed E-state index contributed by atoms with van der Waals surface area (Å²) in [5.41, 5.74) is -0.472. The number of amides is 3. The van der Waals surface area contributed by atoms with E-state index in [2.05, 4.69) is 53.8 Å². The van der Waals surface area contributed by atoms with Crippen LogP contribution in [0, 0.1) is 68.9 Å². The lowest BCUT2D eigenvalue weighted by molar-refractivity contribution is -0.132. The molecule has 5 saturated carbocycles. The first kappa shape index (κ1) is 34.0. The van der Waals surface area contributed by atoms with Gasteiger partial charge in [-0.1, -0.05) is 48.5 Å². The molecular weight excluding hydrogens is 622 g/mol. The van der Waals surface area contributed by atoms with Gasteiger partial charge in [0, 0.05) is 42.9 Å². The second-order valence-electron chi connectivity index (χ2n) is 18.5. The fraction of sp³-hybridized carbons (Fsp3) is 0.846. The van der Waals surface area contributed by atoms with E-state index in [1.54, 1.807) is 10.8 Å². The fourth-order valence-corrected chi connectivity index (χ4v) is 13.1. The maximum atomic E-state index is 13.2. The molecule has 3 aliphatic heterocycles. The van der Waals surface area contributed by atoms with E-state index < -0.39 is 17.6 Å². The molecule has 271 valence electrons. The van der Waals surface area contributed by atoms with E-state index in [0.29, 0.717) is 19.0 Å². The summed E-state index contributed by atoms with van der Waals surface area (Å²) in [4.78, 5) is 41.4. The van der Waals surface area contributed by atoms with Gasteiger partial charge in [0.2, 0.25) is 5.91 Å². The molecule has 10 nitrogen and oxygen atoms in total. The van der Waals surface area contributed by atoms with Crippen molar-refractivity contribution in [1.29, 1.82) is 0 Å². The lowest BCUT2D eigenvalue weighted by Gasteiger charge is -2.63. The number of nitrogens with zero attached hydrogens (tertiary/aromatic N) is 2. The van der Waals surface area contributed by atoms with Crippen molar-refractivity contribution in [2.45, 2.75) is 125 Å². The molecule has 1 unspecified atom stereocenters. The van der Waals surface area contributed by atoms with Crippen molar-refractivity contribution >= 4 is 18.1 Å². The summed E-state index contributed by atoms with van der Waals surface area (Å²) in [6.07, 6.45) is 8.54. The summed E-state index contributed by atoms with van der Waals surface area (Å²) in [6, 6.07) is 0. The van der Waals surface area contributed by atoms with Gasteiger partial charge in [-0.3, -0.25) is 9.69 Å². The van der Waals surface area contributed by atoms with Crippen molar-refractivity contribution < 1.29 is 33.7 Å². The first-order chi connectivity index (χ1) is 23.1. The van der Waals surface area contributed by atoms with Crippen molar-refractivity contribution in [3.05, 3.63) is 18.1 Å². The van der Waals surface area contributed by atoms with Gasteiger partial charge in [-0.25, -0.2) is 9.59 Å². The summed E-state index contributed by atoms with van der Waals surface area (Å²) in [7, 11) is 0. The Morgan fingerprint density at radius 1 is 1.02 bits per heavy atom. The number of carbonyl (C=O) groups excluding carboxylic acids is 3. The predicted molar refractivity (Wildman–Crippen MR) is 181 cm³/mol. The van der Waals surface area contributed by atoms with Gasteiger partial charge in [0.1, 0.15) is 31.0 Å². The van der Waals surface area contributed by atoms with Crippen LogP contribution in [0.4, 0.5) is 9.59 Å². The highest BCUT2D eigenvalue weighted by atomic mass is 16.6. The summed E-state index contributed by atoms with van der Waals surface area (Å²) >= 11 is 0. The molecular formula is C39H58N3O7. The van der Waals surface area contributed by atoms with Crippen LogP contribution in [-0.2, 0) is 19.0 Å². The largest absolute Gasteiger partial charge is 0.446 e. The number of nitrogens with one attached hydrogen (secondary N) is 1. The first-order valence-electron chi connectivity index (χ1n) is 19.2. The molecule has 3 radical (unpaired) electrons. The zero-order valence-electron chi connectivity index (χ0n) is 30.7. The number of hydrogen-bond donors (Lipinski definition) is 2. The van der Waals surface area contributed by atoms with E-state index in [-0.39, 0.29) is 70.2 Å². The van der Waals surface area contributed by atoms with Crippen LogP contribution in [0.1, 0.15) is 106 Å². The molecule has 3 saturated heterocycles. The highest BCUT2D eigenvalue weighted by molar-refractivity contribution is 5.83. The van der Waals surface area contributed by atoms with Gasteiger partial charge >= 0.3 is 12.2 Å². The van der Waals surface area contributed by atoms with Crippen molar-refractivity contribution in [3.63, 3.8) is 0 Å². The third kappa shape index (κ3) is 4.53. The lowest BCUT2D eigenvalue weighted by Crippen LogP contribution is -2.59. The predicted octanol–water partition coefficient (Wildman–Crippen LogP) is 5.89. The molecule has 8 rings (SSSR count). The van der Waals surface area contributed by atoms with Crippen LogP contribution in [0.5, 0.6) is 0 Å². The molecule has 49 heavy (non-hydrogen) atoms. The van der Waals surface area contributed by atoms with Crippen LogP contribution in [0.2, 0.25) is 0 Å². The standard InChI is InChI=1S/C39H58N3O7/c1-22(2)30(49-33(45)41-16-8-17-41)24-19-23(3)29-31(47-24)32(44)37(7)26-10-9-25-35(4,5)27(48-34(46)42-18-15-40-28(43)20-42)11-12-38(25)21-39(26,38)14-13-36(29,37)6/h22-23,25,27,29-30,32,44H,8-21H2,1-7H3,(H,40,43)/t23-,25+,27?,29+,30-,32+,36-,37-,38-,39+/m1/s1. The third-order valence-electron chi connectivity index (χ3n) is 15.8. The van der Waals surface area contributed by atoms with Crippen molar-refractivity contribution in [2.75, 3.05) is 32.7 Å². The van der Waals surface area contributed by atoms with Crippen molar-refractivity contribution in [1.82, 2.24) is 15.1 Å². The summed E-state index contributed by atoms with van der Waals surface area (Å²) in [5.74, 6) is 2.31. The number of piperazine rings is 1. The third-order valence-corrected chi connectivity index (χ3v) is 15.8. The van der Waals surface area contributed by atoms with E-state index in [1.807, 2.05) is 0 Å². The molecule has 0 aromatic heterocycles. The van der Waals surface area contributed by atoms with E-state index >= 15 is 0 Å². The van der Waals surface area contributed by atoms with Crippen LogP contribution in [0.25, 0.3) is 0 Å². The van der Waals surface area contributed by atoms with Crippen LogP contribution in [-0.4, -0.2) is 84.0 Å². The number of aliphatic hydroxyl groups excluding tert-OH is 1. The molecule has 3 amide bonds. The van der Waals surface area contributed by atoms with Crippen LogP contribution in [0.3, 0.4) is 0 Å². The Balaban J connectivity index is 1.02. The minimum atomic E-state index is -0.715. The van der Waals surface area contributed by atoms with Gasteiger partial charge in [0.25, 0.3) is 0 Å². The zero-order chi connectivity index (χ0) is 34.9. The highest BCUT2D eigenvalue weighted by Crippen LogP contribution is 2.90. The Morgan fingerprint density at radius 3 is 2.45 bits per heavy atom. The number of hydrogen-bond acceptors (Lipinski definition) is 7. The Labute approximate surface area is 292 Å². The van der Waals surface area contributed by atoms with Crippen LogP contribution in [0.15, 0.2) is 0 Å². The number of likely N-dealkylation sites (tertiary alicyclic amines) is 1. The molecule has 0 aromatic rings. The second kappa shape index (κ2) is 11.2. The van der Waals surface area contributed by atoms with Gasteiger partial charge in [-0.2, -0.15) is 0 Å². The maximum Gasteiger partial charge on any atom is 0.410 e. The lowest BCUT2D eigenvalue weighted by atomic mass is 9.41. The van der Waals surface area contributed by atoms with Gasteiger partial charge < -0.3 is 29.5 Å². The molecule has 10 heteroatoms. The number of rotatable bonds is 4. The average Bonchev–Trinajstić information content (AvgIpc) is 3.65. The molecule has 8 fully saturated rings. The smallest absolute Gasteiger partial charge is 0.410 e. The molecule has 2 spiro atoms. The normalized spacial score (nSPS) is 45.2. The van der Waals surface area contributed by atoms with Crippen LogP contribution < -0.4 is 5.32 Å². The average molecular weight is 681 g/mol. The number of fused-ring (bicyclic) bond motifs is 4. The molecule has 8 aliphatic rings. The summed E-state index contributed by atoms with van der Waals surface area (Å²) in [5, 5.41) is 15.4. The molecule has 0 aromatic carbocycles. The maximum absolute atomic E-state index is 13.2. The van der Waals surface area contributed by atoms with Gasteiger partial charge in [-0.15, -0.1) is 0 Å². The molecule has 0 bridgehead atoms. The number of carbonyl (C=O) groups is 3. The summed E-state index contributed by atoms with van der Waals surface area (Å²) < 4.78 is 19.2. The van der Waals surface area contributed by atoms with E-state index in [9.17, 15) is 19.5 Å². The topological polar surface area (TPSA) is 118 Å².